The van der Waals surface area contributed by atoms with Crippen LogP contribution in [0.5, 0.6) is 0 Å². The number of para-hydroxylation sites is 1. The maximum Gasteiger partial charge on any atom is 0.328 e. The minimum atomic E-state index is -0.737. The Bertz CT molecular complexity index is 1020. The predicted octanol–water partition coefficient (Wildman–Crippen LogP) is 3.55. The Morgan fingerprint density at radius 1 is 0.906 bits per heavy atom. The molecule has 0 saturated heterocycles. The summed E-state index contributed by atoms with van der Waals surface area (Å²) in [5.41, 5.74) is 10.4. The molecule has 0 aliphatic carbocycles. The number of nitrogens with one attached hydrogen (secondary N) is 4. The van der Waals surface area contributed by atoms with E-state index in [-0.39, 0.29) is 10.7 Å². The van der Waals surface area contributed by atoms with Gasteiger partial charge < -0.3 is 11.5 Å². The van der Waals surface area contributed by atoms with E-state index in [1.807, 2.05) is 5.32 Å². The molecule has 0 unspecified atom stereocenters. The molecule has 0 spiro atoms. The Morgan fingerprint density at radius 2 is 1.44 bits per heavy atom. The van der Waals surface area contributed by atoms with Crippen LogP contribution >= 0.6 is 34.8 Å². The number of anilines is 2. The number of benzene rings is 2. The summed E-state index contributed by atoms with van der Waals surface area (Å²) >= 11 is 17.4. The number of nitrogens with two attached hydrogens (primary N) is 2. The van der Waals surface area contributed by atoms with Gasteiger partial charge in [0.25, 0.3) is 0 Å². The van der Waals surface area contributed by atoms with E-state index in [0.717, 1.165) is 4.90 Å². The van der Waals surface area contributed by atoms with Crippen molar-refractivity contribution in [3.05, 3.63) is 57.3 Å². The van der Waals surface area contributed by atoms with Gasteiger partial charge in [0.1, 0.15) is 5.82 Å². The molecule has 0 bridgehead atoms. The summed E-state index contributed by atoms with van der Waals surface area (Å²) in [7, 11) is 2.83. The highest BCUT2D eigenvalue weighted by Crippen LogP contribution is 2.28. The van der Waals surface area contributed by atoms with Crippen LogP contribution in [0.1, 0.15) is 0 Å². The summed E-state index contributed by atoms with van der Waals surface area (Å²) in [4.78, 5) is 25.1. The molecule has 0 aliphatic heterocycles. The van der Waals surface area contributed by atoms with Crippen LogP contribution in [0.2, 0.25) is 15.1 Å². The quantitative estimate of drug-likeness (QED) is 0.272. The van der Waals surface area contributed by atoms with E-state index in [9.17, 15) is 14.0 Å². The molecule has 2 rings (SSSR count). The lowest BCUT2D eigenvalue weighted by Gasteiger charge is -2.19. The lowest BCUT2D eigenvalue weighted by molar-refractivity contribution is 0.250. The maximum atomic E-state index is 13.4. The molecule has 0 aliphatic rings. The van der Waals surface area contributed by atoms with Crippen molar-refractivity contribution in [2.24, 2.45) is 11.5 Å². The monoisotopic (exact) mass is 504 g/mol. The summed E-state index contributed by atoms with van der Waals surface area (Å²) in [6.45, 7) is 0. The van der Waals surface area contributed by atoms with Crippen LogP contribution in [0.15, 0.2) is 36.4 Å². The molecule has 0 saturated carbocycles. The highest BCUT2D eigenvalue weighted by atomic mass is 35.5. The minimum Gasteiger partial charge on any atom is -0.370 e. The highest BCUT2D eigenvalue weighted by molar-refractivity contribution is 6.36. The van der Waals surface area contributed by atoms with E-state index < -0.39 is 29.8 Å². The number of amides is 4. The fourth-order valence-corrected chi connectivity index (χ4v) is 3.00. The average Bonchev–Trinajstić information content (AvgIpc) is 2.66. The summed E-state index contributed by atoms with van der Waals surface area (Å²) in [5.74, 6) is -1.58. The fourth-order valence-electron chi connectivity index (χ4n) is 2.17. The third kappa shape index (κ3) is 7.76. The second-order valence-corrected chi connectivity index (χ2v) is 7.22. The number of rotatable bonds is 2. The Labute approximate surface area is 198 Å². The van der Waals surface area contributed by atoms with Gasteiger partial charge in [-0.1, -0.05) is 40.9 Å². The number of carbonyl (C=O) groups is 2. The largest absolute Gasteiger partial charge is 0.370 e. The lowest BCUT2D eigenvalue weighted by Crippen LogP contribution is -2.44. The maximum absolute atomic E-state index is 13.4. The van der Waals surface area contributed by atoms with Crippen LogP contribution in [0, 0.1) is 16.6 Å². The van der Waals surface area contributed by atoms with Gasteiger partial charge in [0, 0.05) is 19.1 Å². The molecule has 10 nitrogen and oxygen atoms in total. The fraction of sp³-hybridized carbons (Fsp3) is 0.111. The molecule has 0 radical (unpaired) electrons. The zero-order valence-electron chi connectivity index (χ0n) is 16.8. The SMILES string of the molecule is CN(C(=O)NC(=N)N)c1c(F)cccc1Cl.CN(C(=O)NC(=N)N)c1ccc(Cl)cc1Cl. The smallest absolute Gasteiger partial charge is 0.328 e. The molecule has 0 heterocycles. The van der Waals surface area contributed by atoms with Crippen LogP contribution in [-0.2, 0) is 0 Å². The third-order valence-electron chi connectivity index (χ3n) is 3.64. The van der Waals surface area contributed by atoms with Crippen molar-refractivity contribution in [1.82, 2.24) is 10.6 Å². The first kappa shape index (κ1) is 26.8. The highest BCUT2D eigenvalue weighted by Gasteiger charge is 2.18. The molecule has 8 N–H and O–H groups in total. The van der Waals surface area contributed by atoms with Crippen LogP contribution < -0.4 is 31.9 Å². The summed E-state index contributed by atoms with van der Waals surface area (Å²) < 4.78 is 13.4. The van der Waals surface area contributed by atoms with Gasteiger partial charge in [-0.3, -0.25) is 31.3 Å². The molecule has 0 fully saturated rings. The van der Waals surface area contributed by atoms with E-state index >= 15 is 0 Å². The molecule has 4 amide bonds. The molecule has 172 valence electrons. The number of carbonyl (C=O) groups excluding carboxylic acids is 2. The summed E-state index contributed by atoms with van der Waals surface area (Å²) in [6.07, 6.45) is 0. The molecular formula is C18H20Cl3FN8O2. The van der Waals surface area contributed by atoms with Crippen molar-refractivity contribution in [2.45, 2.75) is 0 Å². The predicted molar refractivity (Wildman–Crippen MR) is 126 cm³/mol. The van der Waals surface area contributed by atoms with Gasteiger partial charge in [0.2, 0.25) is 0 Å². The Balaban J connectivity index is 0.000000320. The summed E-state index contributed by atoms with van der Waals surface area (Å²) in [5, 5.41) is 18.9. The van der Waals surface area contributed by atoms with Gasteiger partial charge in [0.05, 0.1) is 21.4 Å². The Kier molecular flexibility index (Phi) is 9.98. The van der Waals surface area contributed by atoms with Crippen LogP contribution in [0.4, 0.5) is 25.4 Å². The van der Waals surface area contributed by atoms with E-state index in [1.54, 1.807) is 12.1 Å². The molecule has 14 heteroatoms. The van der Waals surface area contributed by atoms with Gasteiger partial charge >= 0.3 is 12.1 Å². The zero-order chi connectivity index (χ0) is 24.6. The second-order valence-electron chi connectivity index (χ2n) is 5.97. The molecule has 2 aromatic rings. The van der Waals surface area contributed by atoms with Gasteiger partial charge in [-0.15, -0.1) is 0 Å². The number of hydrogen-bond acceptors (Lipinski definition) is 4. The lowest BCUT2D eigenvalue weighted by atomic mass is 10.3. The molecule has 0 atom stereocenters. The van der Waals surface area contributed by atoms with Gasteiger partial charge in [-0.2, -0.15) is 0 Å². The normalized spacial score (nSPS) is 9.69. The summed E-state index contributed by atoms with van der Waals surface area (Å²) in [6, 6.07) is 7.52. The van der Waals surface area contributed by atoms with Gasteiger partial charge in [-0.05, 0) is 30.3 Å². The Hall–Kier alpha value is -3.28. The molecular weight excluding hydrogens is 486 g/mol. The van der Waals surface area contributed by atoms with Crippen molar-refractivity contribution in [2.75, 3.05) is 23.9 Å². The van der Waals surface area contributed by atoms with Crippen molar-refractivity contribution in [1.29, 1.82) is 10.8 Å². The minimum absolute atomic E-state index is 0.0667. The van der Waals surface area contributed by atoms with Crippen LogP contribution in [0.25, 0.3) is 0 Å². The van der Waals surface area contributed by atoms with Crippen LogP contribution in [-0.4, -0.2) is 38.1 Å². The Morgan fingerprint density at radius 3 is 1.91 bits per heavy atom. The molecule has 0 aromatic heterocycles. The zero-order valence-corrected chi connectivity index (χ0v) is 19.1. The van der Waals surface area contributed by atoms with Crippen molar-refractivity contribution >= 4 is 70.2 Å². The average molecular weight is 506 g/mol. The first-order valence-electron chi connectivity index (χ1n) is 8.51. The van der Waals surface area contributed by atoms with E-state index in [0.29, 0.717) is 15.7 Å². The van der Waals surface area contributed by atoms with Gasteiger partial charge in [0.15, 0.2) is 11.9 Å². The van der Waals surface area contributed by atoms with Crippen molar-refractivity contribution in [3.63, 3.8) is 0 Å². The van der Waals surface area contributed by atoms with Crippen LogP contribution in [0.3, 0.4) is 0 Å². The second kappa shape index (κ2) is 11.9. The number of urea groups is 2. The first-order valence-corrected chi connectivity index (χ1v) is 9.65. The van der Waals surface area contributed by atoms with E-state index in [4.69, 9.17) is 57.1 Å². The topological polar surface area (TPSA) is 164 Å². The number of guanidine groups is 2. The first-order chi connectivity index (χ1) is 14.8. The van der Waals surface area contributed by atoms with Crippen molar-refractivity contribution in [3.8, 4) is 0 Å². The van der Waals surface area contributed by atoms with Crippen molar-refractivity contribution < 1.29 is 14.0 Å². The standard InChI is InChI=1S/C9H10Cl2N4O.C9H10ClFN4O/c1-15(9(16)14-8(12)13)7-3-2-5(10)4-6(7)11;1-15(9(16)14-8(12)13)7-5(10)3-2-4-6(7)11/h2*2-4H,1H3,(H4,12,13,14,16). The molecule has 32 heavy (non-hydrogen) atoms. The van der Waals surface area contributed by atoms with E-state index in [2.05, 4.69) is 5.32 Å². The van der Waals surface area contributed by atoms with E-state index in [1.165, 1.54) is 43.3 Å². The number of halogens is 4. The number of hydrogen-bond donors (Lipinski definition) is 6. The van der Waals surface area contributed by atoms with Gasteiger partial charge in [-0.25, -0.2) is 14.0 Å². The third-order valence-corrected chi connectivity index (χ3v) is 4.48. The molecule has 2 aromatic carbocycles. The number of nitrogens with zero attached hydrogens (tertiary/aromatic N) is 2.